The molecule has 0 heterocycles. The lowest BCUT2D eigenvalue weighted by atomic mass is 10.1. The first-order valence-electron chi connectivity index (χ1n) is 5.85. The van der Waals surface area contributed by atoms with Crippen molar-refractivity contribution in [1.29, 1.82) is 0 Å². The van der Waals surface area contributed by atoms with Crippen LogP contribution in [0.5, 0.6) is 0 Å². The molecule has 0 unspecified atom stereocenters. The molecule has 20 heavy (non-hydrogen) atoms. The van der Waals surface area contributed by atoms with Gasteiger partial charge in [0.1, 0.15) is 5.82 Å². The minimum absolute atomic E-state index is 0.265. The summed E-state index contributed by atoms with van der Waals surface area (Å²) < 4.78 is 13.5. The highest BCUT2D eigenvalue weighted by atomic mass is 79.9. The van der Waals surface area contributed by atoms with Crippen molar-refractivity contribution in [3.05, 3.63) is 57.8 Å². The van der Waals surface area contributed by atoms with E-state index in [-0.39, 0.29) is 11.7 Å². The molecule has 6 heteroatoms. The molecule has 4 N–H and O–H groups in total. The van der Waals surface area contributed by atoms with Crippen molar-refractivity contribution in [3.63, 3.8) is 0 Å². The zero-order valence-corrected chi connectivity index (χ0v) is 12.3. The Labute approximate surface area is 124 Å². The summed E-state index contributed by atoms with van der Waals surface area (Å²) in [5, 5.41) is 2.73. The summed E-state index contributed by atoms with van der Waals surface area (Å²) in [5.41, 5.74) is 5.07. The lowest BCUT2D eigenvalue weighted by Gasteiger charge is -2.10. The Morgan fingerprint density at radius 3 is 2.60 bits per heavy atom. The van der Waals surface area contributed by atoms with Gasteiger partial charge in [-0.25, -0.2) is 4.39 Å². The number of nitrogen functional groups attached to an aromatic ring is 1. The van der Waals surface area contributed by atoms with Gasteiger partial charge in [-0.3, -0.25) is 10.6 Å². The van der Waals surface area contributed by atoms with Gasteiger partial charge in [-0.05, 0) is 64.8 Å². The first-order chi connectivity index (χ1) is 9.51. The van der Waals surface area contributed by atoms with Crippen molar-refractivity contribution >= 4 is 33.2 Å². The number of anilines is 2. The fourth-order valence-electron chi connectivity index (χ4n) is 1.79. The van der Waals surface area contributed by atoms with Gasteiger partial charge in [0.25, 0.3) is 5.91 Å². The molecule has 0 fully saturated rings. The Balaban J connectivity index is 2.24. The second kappa shape index (κ2) is 6.02. The molecule has 0 atom stereocenters. The number of benzene rings is 2. The van der Waals surface area contributed by atoms with Crippen LogP contribution in [0.2, 0.25) is 0 Å². The molecular formula is C14H13BrFN3O. The van der Waals surface area contributed by atoms with Gasteiger partial charge in [0.15, 0.2) is 0 Å². The SMILES string of the molecule is Cc1cc(NN)ccc1C(=O)Nc1ccc(F)cc1Br. The second-order valence-electron chi connectivity index (χ2n) is 4.25. The maximum atomic E-state index is 13.0. The highest BCUT2D eigenvalue weighted by Crippen LogP contribution is 2.24. The zero-order chi connectivity index (χ0) is 14.7. The summed E-state index contributed by atoms with van der Waals surface area (Å²) in [7, 11) is 0. The number of amides is 1. The summed E-state index contributed by atoms with van der Waals surface area (Å²) in [6.07, 6.45) is 0. The molecule has 0 spiro atoms. The number of carbonyl (C=O) groups excluding carboxylic acids is 1. The predicted molar refractivity (Wildman–Crippen MR) is 81.0 cm³/mol. The van der Waals surface area contributed by atoms with Gasteiger partial charge in [-0.1, -0.05) is 0 Å². The van der Waals surface area contributed by atoms with Crippen LogP contribution in [-0.4, -0.2) is 5.91 Å². The first kappa shape index (κ1) is 14.5. The van der Waals surface area contributed by atoms with Crippen LogP contribution >= 0.6 is 15.9 Å². The average molecular weight is 338 g/mol. The lowest BCUT2D eigenvalue weighted by molar-refractivity contribution is 0.102. The molecule has 0 aromatic heterocycles. The molecule has 1 amide bonds. The summed E-state index contributed by atoms with van der Waals surface area (Å²) in [6.45, 7) is 1.81. The molecule has 0 saturated carbocycles. The van der Waals surface area contributed by atoms with Crippen molar-refractivity contribution in [2.75, 3.05) is 10.7 Å². The lowest BCUT2D eigenvalue weighted by Crippen LogP contribution is -2.14. The van der Waals surface area contributed by atoms with E-state index < -0.39 is 0 Å². The van der Waals surface area contributed by atoms with E-state index in [0.29, 0.717) is 15.7 Å². The van der Waals surface area contributed by atoms with Crippen LogP contribution in [-0.2, 0) is 0 Å². The van der Waals surface area contributed by atoms with Gasteiger partial charge < -0.3 is 10.7 Å². The van der Waals surface area contributed by atoms with Gasteiger partial charge in [-0.2, -0.15) is 0 Å². The number of aryl methyl sites for hydroxylation is 1. The average Bonchev–Trinajstić information content (AvgIpc) is 2.41. The number of nitrogens with one attached hydrogen (secondary N) is 2. The zero-order valence-electron chi connectivity index (χ0n) is 10.7. The quantitative estimate of drug-likeness (QED) is 0.593. The van der Waals surface area contributed by atoms with Gasteiger partial charge >= 0.3 is 0 Å². The molecule has 0 aliphatic carbocycles. The van der Waals surface area contributed by atoms with E-state index in [2.05, 4.69) is 26.7 Å². The van der Waals surface area contributed by atoms with E-state index in [9.17, 15) is 9.18 Å². The fraction of sp³-hybridized carbons (Fsp3) is 0.0714. The van der Waals surface area contributed by atoms with Gasteiger partial charge in [-0.15, -0.1) is 0 Å². The summed E-state index contributed by atoms with van der Waals surface area (Å²) in [5.74, 6) is 4.67. The largest absolute Gasteiger partial charge is 0.324 e. The number of rotatable bonds is 3. The van der Waals surface area contributed by atoms with E-state index in [1.54, 1.807) is 18.2 Å². The minimum Gasteiger partial charge on any atom is -0.324 e. The van der Waals surface area contributed by atoms with E-state index in [0.717, 1.165) is 11.3 Å². The summed E-state index contributed by atoms with van der Waals surface area (Å²) in [4.78, 5) is 12.2. The highest BCUT2D eigenvalue weighted by molar-refractivity contribution is 9.10. The Morgan fingerprint density at radius 2 is 2.00 bits per heavy atom. The maximum absolute atomic E-state index is 13.0. The molecule has 0 bridgehead atoms. The minimum atomic E-state index is -0.371. The van der Waals surface area contributed by atoms with Crippen LogP contribution in [0.15, 0.2) is 40.9 Å². The van der Waals surface area contributed by atoms with Crippen LogP contribution in [0.25, 0.3) is 0 Å². The smallest absolute Gasteiger partial charge is 0.255 e. The molecule has 104 valence electrons. The van der Waals surface area contributed by atoms with E-state index in [1.807, 2.05) is 6.92 Å². The van der Waals surface area contributed by atoms with Gasteiger partial charge in [0.2, 0.25) is 0 Å². The number of hydrazine groups is 1. The third-order valence-corrected chi connectivity index (χ3v) is 3.47. The molecule has 0 saturated heterocycles. The summed E-state index contributed by atoms with van der Waals surface area (Å²) in [6, 6.07) is 9.24. The molecule has 2 aromatic rings. The van der Waals surface area contributed by atoms with Crippen molar-refractivity contribution in [2.45, 2.75) is 6.92 Å². The monoisotopic (exact) mass is 337 g/mol. The van der Waals surface area contributed by atoms with E-state index in [4.69, 9.17) is 5.84 Å². The van der Waals surface area contributed by atoms with Crippen molar-refractivity contribution in [1.82, 2.24) is 0 Å². The summed E-state index contributed by atoms with van der Waals surface area (Å²) >= 11 is 3.21. The predicted octanol–water partition coefficient (Wildman–Crippen LogP) is 3.43. The second-order valence-corrected chi connectivity index (χ2v) is 5.11. The number of hydrogen-bond acceptors (Lipinski definition) is 3. The topological polar surface area (TPSA) is 67.1 Å². The molecule has 0 radical (unpaired) electrons. The number of hydrogen-bond donors (Lipinski definition) is 3. The normalized spacial score (nSPS) is 10.2. The van der Waals surface area contributed by atoms with Gasteiger partial charge in [0, 0.05) is 15.7 Å². The van der Waals surface area contributed by atoms with Crippen molar-refractivity contribution in [3.8, 4) is 0 Å². The number of carbonyl (C=O) groups is 1. The third kappa shape index (κ3) is 3.15. The Kier molecular flexibility index (Phi) is 4.36. The standard InChI is InChI=1S/C14H13BrFN3O/c1-8-6-10(19-17)3-4-11(8)14(20)18-13-5-2-9(16)7-12(13)15/h2-7,19H,17H2,1H3,(H,18,20). The van der Waals surface area contributed by atoms with Crippen LogP contribution in [0.1, 0.15) is 15.9 Å². The molecule has 2 rings (SSSR count). The van der Waals surface area contributed by atoms with E-state index >= 15 is 0 Å². The van der Waals surface area contributed by atoms with Crippen LogP contribution in [0, 0.1) is 12.7 Å². The fourth-order valence-corrected chi connectivity index (χ4v) is 2.24. The third-order valence-electron chi connectivity index (χ3n) is 2.82. The number of halogens is 2. The highest BCUT2D eigenvalue weighted by Gasteiger charge is 2.11. The van der Waals surface area contributed by atoms with Crippen LogP contribution < -0.4 is 16.6 Å². The van der Waals surface area contributed by atoms with E-state index in [1.165, 1.54) is 18.2 Å². The molecular weight excluding hydrogens is 325 g/mol. The Morgan fingerprint density at radius 1 is 1.25 bits per heavy atom. The Bertz CT molecular complexity index is 661. The van der Waals surface area contributed by atoms with Crippen molar-refractivity contribution in [2.24, 2.45) is 5.84 Å². The molecule has 0 aliphatic heterocycles. The van der Waals surface area contributed by atoms with Gasteiger partial charge in [0.05, 0.1) is 5.69 Å². The maximum Gasteiger partial charge on any atom is 0.255 e. The van der Waals surface area contributed by atoms with Crippen molar-refractivity contribution < 1.29 is 9.18 Å². The molecule has 2 aromatic carbocycles. The van der Waals surface area contributed by atoms with Crippen LogP contribution in [0.4, 0.5) is 15.8 Å². The number of nitrogens with two attached hydrogens (primary N) is 1. The first-order valence-corrected chi connectivity index (χ1v) is 6.64. The van der Waals surface area contributed by atoms with Crippen LogP contribution in [0.3, 0.4) is 0 Å². The molecule has 4 nitrogen and oxygen atoms in total. The molecule has 0 aliphatic rings. The Hall–Kier alpha value is -1.92.